The van der Waals surface area contributed by atoms with E-state index in [1.54, 1.807) is 7.11 Å². The average Bonchev–Trinajstić information content (AvgIpc) is 2.37. The van der Waals surface area contributed by atoms with Crippen molar-refractivity contribution in [3.8, 4) is 5.75 Å². The Morgan fingerprint density at radius 1 is 1.47 bits per heavy atom. The number of benzene rings is 1. The van der Waals surface area contributed by atoms with E-state index in [1.165, 1.54) is 24.8 Å². The molecule has 0 aromatic heterocycles. The van der Waals surface area contributed by atoms with Crippen LogP contribution in [0.1, 0.15) is 24.8 Å². The highest BCUT2D eigenvalue weighted by Crippen LogP contribution is 2.18. The molecule has 1 aromatic rings. The Labute approximate surface area is 115 Å². The monoisotopic (exact) mass is 261 g/mol. The van der Waals surface area contributed by atoms with Gasteiger partial charge < -0.3 is 15.0 Å². The van der Waals surface area contributed by atoms with E-state index in [-0.39, 0.29) is 0 Å². The SMILES string of the molecule is CN=C(NC1CCC1)N(C)Cc1cccc(OC)c1. The van der Waals surface area contributed by atoms with Crippen LogP contribution in [0.3, 0.4) is 0 Å². The van der Waals surface area contributed by atoms with Crippen molar-refractivity contribution in [2.45, 2.75) is 31.8 Å². The molecule has 1 aliphatic rings. The molecule has 0 amide bonds. The average molecular weight is 261 g/mol. The van der Waals surface area contributed by atoms with E-state index in [0.717, 1.165) is 18.3 Å². The molecule has 0 heterocycles. The van der Waals surface area contributed by atoms with Crippen LogP contribution in [0.25, 0.3) is 0 Å². The number of guanidine groups is 1. The predicted molar refractivity (Wildman–Crippen MR) is 78.6 cm³/mol. The Hall–Kier alpha value is -1.71. The summed E-state index contributed by atoms with van der Waals surface area (Å²) in [6.07, 6.45) is 3.84. The molecule has 1 fully saturated rings. The fraction of sp³-hybridized carbons (Fsp3) is 0.533. The lowest BCUT2D eigenvalue weighted by molar-refractivity contribution is 0.359. The molecule has 4 heteroatoms. The number of hydrogen-bond donors (Lipinski definition) is 1. The van der Waals surface area contributed by atoms with Gasteiger partial charge in [0.2, 0.25) is 0 Å². The summed E-state index contributed by atoms with van der Waals surface area (Å²) >= 11 is 0. The van der Waals surface area contributed by atoms with Gasteiger partial charge in [0.25, 0.3) is 0 Å². The topological polar surface area (TPSA) is 36.9 Å². The standard InChI is InChI=1S/C15H23N3O/c1-16-15(17-13-7-5-8-13)18(2)11-12-6-4-9-14(10-12)19-3/h4,6,9-10,13H,5,7-8,11H2,1-3H3,(H,16,17). The Balaban J connectivity index is 1.95. The van der Waals surface area contributed by atoms with Crippen LogP contribution in [0.5, 0.6) is 5.75 Å². The molecule has 1 N–H and O–H groups in total. The molecule has 2 rings (SSSR count). The van der Waals surface area contributed by atoms with Gasteiger partial charge in [-0.15, -0.1) is 0 Å². The van der Waals surface area contributed by atoms with Crippen molar-refractivity contribution in [3.63, 3.8) is 0 Å². The minimum atomic E-state index is 0.603. The van der Waals surface area contributed by atoms with Crippen LogP contribution in [-0.2, 0) is 6.54 Å². The lowest BCUT2D eigenvalue weighted by Crippen LogP contribution is -2.46. The summed E-state index contributed by atoms with van der Waals surface area (Å²) in [5.41, 5.74) is 1.22. The zero-order valence-corrected chi connectivity index (χ0v) is 12.0. The van der Waals surface area contributed by atoms with Crippen LogP contribution < -0.4 is 10.1 Å². The normalized spacial score (nSPS) is 15.8. The third-order valence-electron chi connectivity index (χ3n) is 3.57. The van der Waals surface area contributed by atoms with Crippen molar-refractivity contribution in [2.75, 3.05) is 21.2 Å². The van der Waals surface area contributed by atoms with Crippen LogP contribution in [0.15, 0.2) is 29.3 Å². The number of hydrogen-bond acceptors (Lipinski definition) is 2. The number of methoxy groups -OCH3 is 1. The Morgan fingerprint density at radius 3 is 2.84 bits per heavy atom. The molecule has 1 saturated carbocycles. The first-order chi connectivity index (χ1) is 9.22. The van der Waals surface area contributed by atoms with E-state index in [4.69, 9.17) is 4.74 Å². The second kappa shape index (κ2) is 6.45. The second-order valence-corrected chi connectivity index (χ2v) is 5.03. The van der Waals surface area contributed by atoms with Crippen molar-refractivity contribution in [3.05, 3.63) is 29.8 Å². The maximum Gasteiger partial charge on any atom is 0.193 e. The summed E-state index contributed by atoms with van der Waals surface area (Å²) in [4.78, 5) is 6.49. The van der Waals surface area contributed by atoms with Crippen LogP contribution in [0.2, 0.25) is 0 Å². The molecule has 0 saturated heterocycles. The minimum Gasteiger partial charge on any atom is -0.497 e. The number of rotatable bonds is 4. The van der Waals surface area contributed by atoms with Gasteiger partial charge in [0, 0.05) is 26.7 Å². The fourth-order valence-electron chi connectivity index (χ4n) is 2.20. The van der Waals surface area contributed by atoms with E-state index in [2.05, 4.69) is 34.4 Å². The summed E-state index contributed by atoms with van der Waals surface area (Å²) in [6.45, 7) is 0.823. The van der Waals surface area contributed by atoms with Crippen LogP contribution in [0, 0.1) is 0 Å². The molecule has 1 aromatic carbocycles. The number of ether oxygens (including phenoxy) is 1. The number of aliphatic imine (C=N–C) groups is 1. The van der Waals surface area contributed by atoms with Crippen molar-refractivity contribution < 1.29 is 4.74 Å². The van der Waals surface area contributed by atoms with Gasteiger partial charge in [0.15, 0.2) is 5.96 Å². The third kappa shape index (κ3) is 3.63. The number of nitrogens with one attached hydrogen (secondary N) is 1. The van der Waals surface area contributed by atoms with Gasteiger partial charge in [-0.1, -0.05) is 12.1 Å². The third-order valence-corrected chi connectivity index (χ3v) is 3.57. The summed E-state index contributed by atoms with van der Waals surface area (Å²) in [7, 11) is 5.59. The van der Waals surface area contributed by atoms with Gasteiger partial charge in [0.05, 0.1) is 7.11 Å². The highest BCUT2D eigenvalue weighted by Gasteiger charge is 2.19. The lowest BCUT2D eigenvalue weighted by Gasteiger charge is -2.31. The zero-order chi connectivity index (χ0) is 13.7. The summed E-state index contributed by atoms with van der Waals surface area (Å²) < 4.78 is 5.25. The molecule has 0 unspecified atom stereocenters. The fourth-order valence-corrected chi connectivity index (χ4v) is 2.20. The quantitative estimate of drug-likeness (QED) is 0.667. The van der Waals surface area contributed by atoms with E-state index in [0.29, 0.717) is 6.04 Å². The Bertz CT molecular complexity index is 441. The first-order valence-electron chi connectivity index (χ1n) is 6.80. The summed E-state index contributed by atoms with van der Waals surface area (Å²) in [6, 6.07) is 8.75. The molecular formula is C15H23N3O. The maximum absolute atomic E-state index is 5.25. The molecule has 4 nitrogen and oxygen atoms in total. The maximum atomic E-state index is 5.25. The van der Waals surface area contributed by atoms with Crippen LogP contribution in [-0.4, -0.2) is 38.1 Å². The van der Waals surface area contributed by atoms with E-state index >= 15 is 0 Å². The number of nitrogens with zero attached hydrogens (tertiary/aromatic N) is 2. The van der Waals surface area contributed by atoms with Crippen molar-refractivity contribution in [2.24, 2.45) is 4.99 Å². The predicted octanol–water partition coefficient (Wildman–Crippen LogP) is 2.25. The molecule has 0 spiro atoms. The Morgan fingerprint density at radius 2 is 2.26 bits per heavy atom. The first-order valence-corrected chi connectivity index (χ1v) is 6.80. The molecule has 0 aliphatic heterocycles. The molecule has 0 bridgehead atoms. The smallest absolute Gasteiger partial charge is 0.193 e. The largest absolute Gasteiger partial charge is 0.497 e. The highest BCUT2D eigenvalue weighted by molar-refractivity contribution is 5.80. The van der Waals surface area contributed by atoms with Crippen LogP contribution >= 0.6 is 0 Å². The minimum absolute atomic E-state index is 0.603. The van der Waals surface area contributed by atoms with E-state index in [1.807, 2.05) is 19.2 Å². The van der Waals surface area contributed by atoms with Gasteiger partial charge in [0.1, 0.15) is 5.75 Å². The molecule has 0 radical (unpaired) electrons. The van der Waals surface area contributed by atoms with Crippen molar-refractivity contribution >= 4 is 5.96 Å². The van der Waals surface area contributed by atoms with E-state index < -0.39 is 0 Å². The summed E-state index contributed by atoms with van der Waals surface area (Å²) in [5, 5.41) is 3.50. The van der Waals surface area contributed by atoms with Crippen molar-refractivity contribution in [1.29, 1.82) is 0 Å². The van der Waals surface area contributed by atoms with Gasteiger partial charge >= 0.3 is 0 Å². The van der Waals surface area contributed by atoms with E-state index in [9.17, 15) is 0 Å². The van der Waals surface area contributed by atoms with Crippen LogP contribution in [0.4, 0.5) is 0 Å². The second-order valence-electron chi connectivity index (χ2n) is 5.03. The van der Waals surface area contributed by atoms with Gasteiger partial charge in [-0.2, -0.15) is 0 Å². The molecular weight excluding hydrogens is 238 g/mol. The summed E-state index contributed by atoms with van der Waals surface area (Å²) in [5.74, 6) is 1.86. The Kier molecular flexibility index (Phi) is 4.66. The lowest BCUT2D eigenvalue weighted by atomic mass is 9.93. The molecule has 104 valence electrons. The van der Waals surface area contributed by atoms with Gasteiger partial charge in [-0.05, 0) is 37.0 Å². The first kappa shape index (κ1) is 13.7. The zero-order valence-electron chi connectivity index (χ0n) is 12.0. The van der Waals surface area contributed by atoms with Gasteiger partial charge in [-0.3, -0.25) is 4.99 Å². The highest BCUT2D eigenvalue weighted by atomic mass is 16.5. The molecule has 19 heavy (non-hydrogen) atoms. The molecule has 1 aliphatic carbocycles. The van der Waals surface area contributed by atoms with Gasteiger partial charge in [-0.25, -0.2) is 0 Å². The van der Waals surface area contributed by atoms with Crippen molar-refractivity contribution in [1.82, 2.24) is 10.2 Å². The molecule has 0 atom stereocenters.